The molecule has 0 saturated heterocycles. The lowest BCUT2D eigenvalue weighted by Gasteiger charge is -2.28. The van der Waals surface area contributed by atoms with E-state index in [9.17, 15) is 5.26 Å². The van der Waals surface area contributed by atoms with Crippen molar-refractivity contribution in [2.75, 3.05) is 27.8 Å². The number of aromatic nitrogens is 1. The minimum Gasteiger partial charge on any atom is -0.493 e. The molecule has 4 rings (SSSR count). The van der Waals surface area contributed by atoms with Crippen LogP contribution >= 0.6 is 23.4 Å². The summed E-state index contributed by atoms with van der Waals surface area (Å²) in [4.78, 5) is 7.21. The predicted octanol–water partition coefficient (Wildman–Crippen LogP) is 5.57. The second-order valence-electron chi connectivity index (χ2n) is 7.68. The van der Waals surface area contributed by atoms with Crippen LogP contribution in [0.5, 0.6) is 11.5 Å². The van der Waals surface area contributed by atoms with Crippen LogP contribution in [0.1, 0.15) is 22.4 Å². The predicted molar refractivity (Wildman–Crippen MR) is 129 cm³/mol. The Balaban J connectivity index is 1.83. The topological polar surface area (TPSA) is 58.4 Å². The molecule has 164 valence electrons. The molecule has 1 aromatic heterocycles. The first kappa shape index (κ1) is 22.5. The van der Waals surface area contributed by atoms with E-state index in [0.29, 0.717) is 27.8 Å². The van der Waals surface area contributed by atoms with Gasteiger partial charge in [-0.05, 0) is 48.0 Å². The third-order valence-electron chi connectivity index (χ3n) is 5.58. The minimum absolute atomic E-state index is 0.602. The zero-order valence-corrected chi connectivity index (χ0v) is 19.9. The first-order valence-electron chi connectivity index (χ1n) is 10.3. The molecule has 0 spiro atoms. The average Bonchev–Trinajstić information content (AvgIpc) is 2.82. The number of halogens is 1. The molecule has 0 saturated carbocycles. The molecular weight excluding hydrogens is 442 g/mol. The number of methoxy groups -OCH3 is 2. The van der Waals surface area contributed by atoms with Crippen LogP contribution in [-0.4, -0.2) is 37.7 Å². The fourth-order valence-electron chi connectivity index (χ4n) is 3.92. The molecule has 0 fully saturated rings. The summed E-state index contributed by atoms with van der Waals surface area (Å²) in [7, 11) is 5.33. The molecule has 0 aliphatic carbocycles. The van der Waals surface area contributed by atoms with E-state index in [2.05, 4.69) is 18.0 Å². The summed E-state index contributed by atoms with van der Waals surface area (Å²) in [6.45, 7) is 1.70. The molecule has 0 N–H and O–H groups in total. The highest BCUT2D eigenvalue weighted by Gasteiger charge is 2.25. The zero-order chi connectivity index (χ0) is 22.7. The van der Waals surface area contributed by atoms with Crippen LogP contribution in [0.25, 0.3) is 11.1 Å². The summed E-state index contributed by atoms with van der Waals surface area (Å²) in [5.74, 6) is 2.01. The highest BCUT2D eigenvalue weighted by molar-refractivity contribution is 7.98. The Bertz CT molecular complexity index is 1180. The summed E-state index contributed by atoms with van der Waals surface area (Å²) in [6, 6.07) is 16.0. The minimum atomic E-state index is 0.602. The van der Waals surface area contributed by atoms with Gasteiger partial charge in [0.25, 0.3) is 0 Å². The number of hydrogen-bond donors (Lipinski definition) is 0. The average molecular weight is 466 g/mol. The fraction of sp³-hybridized carbons (Fsp3) is 0.280. The first-order chi connectivity index (χ1) is 15.5. The van der Waals surface area contributed by atoms with Crippen LogP contribution in [0.4, 0.5) is 0 Å². The second-order valence-corrected chi connectivity index (χ2v) is 9.08. The van der Waals surface area contributed by atoms with Gasteiger partial charge in [0.2, 0.25) is 0 Å². The number of hydrogen-bond acceptors (Lipinski definition) is 6. The molecular formula is C25H24ClN3O2S. The molecule has 0 unspecified atom stereocenters. The summed E-state index contributed by atoms with van der Waals surface area (Å²) in [6.07, 6.45) is 0.854. The lowest BCUT2D eigenvalue weighted by Crippen LogP contribution is -2.28. The van der Waals surface area contributed by atoms with Gasteiger partial charge in [0, 0.05) is 41.5 Å². The molecule has 1 aliphatic rings. The largest absolute Gasteiger partial charge is 0.493 e. The van der Waals surface area contributed by atoms with E-state index in [0.717, 1.165) is 52.5 Å². The van der Waals surface area contributed by atoms with Crippen molar-refractivity contribution in [1.29, 1.82) is 5.26 Å². The Morgan fingerprint density at radius 3 is 2.56 bits per heavy atom. The van der Waals surface area contributed by atoms with E-state index in [4.69, 9.17) is 26.1 Å². The van der Waals surface area contributed by atoms with Crippen molar-refractivity contribution < 1.29 is 9.47 Å². The van der Waals surface area contributed by atoms with E-state index >= 15 is 0 Å². The lowest BCUT2D eigenvalue weighted by atomic mass is 9.91. The molecule has 5 nitrogen and oxygen atoms in total. The number of nitrogens with zero attached hydrogens (tertiary/aromatic N) is 3. The third-order valence-corrected chi connectivity index (χ3v) is 6.88. The van der Waals surface area contributed by atoms with Crippen molar-refractivity contribution in [1.82, 2.24) is 9.88 Å². The second kappa shape index (κ2) is 9.83. The van der Waals surface area contributed by atoms with E-state index < -0.39 is 0 Å². The summed E-state index contributed by atoms with van der Waals surface area (Å²) >= 11 is 7.60. The number of ether oxygens (including phenoxy) is 2. The Morgan fingerprint density at radius 1 is 1.12 bits per heavy atom. The first-order valence-corrected chi connectivity index (χ1v) is 11.6. The number of nitriles is 1. The van der Waals surface area contributed by atoms with E-state index in [-0.39, 0.29) is 0 Å². The summed E-state index contributed by atoms with van der Waals surface area (Å²) < 4.78 is 10.9. The maximum atomic E-state index is 10.2. The van der Waals surface area contributed by atoms with Crippen molar-refractivity contribution in [2.45, 2.75) is 23.7 Å². The Labute approximate surface area is 197 Å². The van der Waals surface area contributed by atoms with Crippen molar-refractivity contribution in [3.8, 4) is 28.7 Å². The third kappa shape index (κ3) is 4.56. The van der Waals surface area contributed by atoms with Crippen LogP contribution < -0.4 is 9.47 Å². The van der Waals surface area contributed by atoms with Gasteiger partial charge in [-0.25, -0.2) is 4.98 Å². The number of benzene rings is 2. The molecule has 2 heterocycles. The normalized spacial score (nSPS) is 13.3. The standard InChI is InChI=1S/C25H24ClN3O2S/c1-29-11-10-21-20(14-29)24(17-6-9-22(30-2)23(12-17)31-3)19(13-27)25(28-21)32-15-16-4-7-18(26)8-5-16/h4-9,12H,10-11,14-15H2,1-3H3. The molecule has 1 aliphatic heterocycles. The molecule has 0 radical (unpaired) electrons. The number of pyridine rings is 1. The molecule has 32 heavy (non-hydrogen) atoms. The van der Waals surface area contributed by atoms with Gasteiger partial charge in [-0.15, -0.1) is 11.8 Å². The van der Waals surface area contributed by atoms with E-state index in [1.807, 2.05) is 42.5 Å². The number of thioether (sulfide) groups is 1. The number of rotatable bonds is 6. The Hall–Kier alpha value is -2.72. The molecule has 0 bridgehead atoms. The summed E-state index contributed by atoms with van der Waals surface area (Å²) in [5, 5.41) is 11.7. The zero-order valence-electron chi connectivity index (χ0n) is 18.3. The van der Waals surface area contributed by atoms with Gasteiger partial charge in [-0.2, -0.15) is 5.26 Å². The smallest absolute Gasteiger partial charge is 0.161 e. The summed E-state index contributed by atoms with van der Waals surface area (Å²) in [5.41, 5.74) is 5.77. The van der Waals surface area contributed by atoms with Gasteiger partial charge in [-0.3, -0.25) is 0 Å². The van der Waals surface area contributed by atoms with Crippen LogP contribution in [0.3, 0.4) is 0 Å². The van der Waals surface area contributed by atoms with E-state index in [1.54, 1.807) is 26.0 Å². The van der Waals surface area contributed by atoms with Crippen LogP contribution in [-0.2, 0) is 18.7 Å². The Kier molecular flexibility index (Phi) is 6.90. The fourth-order valence-corrected chi connectivity index (χ4v) is 5.01. The van der Waals surface area contributed by atoms with Gasteiger partial charge in [0.15, 0.2) is 11.5 Å². The molecule has 3 aromatic rings. The monoisotopic (exact) mass is 465 g/mol. The maximum absolute atomic E-state index is 10.2. The maximum Gasteiger partial charge on any atom is 0.161 e. The van der Waals surface area contributed by atoms with Crippen LogP contribution in [0.15, 0.2) is 47.5 Å². The molecule has 0 atom stereocenters. The van der Waals surface area contributed by atoms with Gasteiger partial charge in [-0.1, -0.05) is 29.8 Å². The van der Waals surface area contributed by atoms with Crippen molar-refractivity contribution in [2.24, 2.45) is 0 Å². The van der Waals surface area contributed by atoms with Crippen molar-refractivity contribution in [3.63, 3.8) is 0 Å². The quantitative estimate of drug-likeness (QED) is 0.443. The lowest BCUT2D eigenvalue weighted by molar-refractivity contribution is 0.309. The number of fused-ring (bicyclic) bond motifs is 1. The van der Waals surface area contributed by atoms with Gasteiger partial charge >= 0.3 is 0 Å². The van der Waals surface area contributed by atoms with Gasteiger partial charge in [0.05, 0.1) is 19.8 Å². The highest BCUT2D eigenvalue weighted by Crippen LogP contribution is 2.40. The van der Waals surface area contributed by atoms with E-state index in [1.165, 1.54) is 0 Å². The number of likely N-dealkylation sites (N-methyl/N-ethyl adjacent to an activating group) is 1. The van der Waals surface area contributed by atoms with Crippen LogP contribution in [0.2, 0.25) is 5.02 Å². The molecule has 0 amide bonds. The van der Waals surface area contributed by atoms with Gasteiger partial charge in [0.1, 0.15) is 11.1 Å². The Morgan fingerprint density at radius 2 is 1.88 bits per heavy atom. The van der Waals surface area contributed by atoms with Gasteiger partial charge < -0.3 is 14.4 Å². The SMILES string of the molecule is COc1ccc(-c2c(C#N)c(SCc3ccc(Cl)cc3)nc3c2CN(C)CC3)cc1OC. The highest BCUT2D eigenvalue weighted by atomic mass is 35.5. The van der Waals surface area contributed by atoms with Crippen molar-refractivity contribution in [3.05, 3.63) is 69.9 Å². The van der Waals surface area contributed by atoms with Crippen LogP contribution in [0, 0.1) is 11.3 Å². The molecule has 2 aromatic carbocycles. The van der Waals surface area contributed by atoms with Crippen molar-refractivity contribution >= 4 is 23.4 Å². The molecule has 7 heteroatoms.